The lowest BCUT2D eigenvalue weighted by Gasteiger charge is -2.11. The molecule has 2 N–H and O–H groups in total. The first-order chi connectivity index (χ1) is 13.1. The van der Waals surface area contributed by atoms with E-state index in [4.69, 9.17) is 9.47 Å². The van der Waals surface area contributed by atoms with Gasteiger partial charge in [-0.25, -0.2) is 4.98 Å². The van der Waals surface area contributed by atoms with Crippen LogP contribution in [0.3, 0.4) is 0 Å². The summed E-state index contributed by atoms with van der Waals surface area (Å²) in [5.41, 5.74) is 4.32. The molecule has 1 aliphatic rings. The predicted octanol–water partition coefficient (Wildman–Crippen LogP) is 4.42. The summed E-state index contributed by atoms with van der Waals surface area (Å²) in [4.78, 5) is 16.9. The number of aromatic nitrogens is 1. The van der Waals surface area contributed by atoms with Gasteiger partial charge in [-0.15, -0.1) is 0 Å². The molecule has 0 saturated heterocycles. The van der Waals surface area contributed by atoms with Gasteiger partial charge in [0.05, 0.1) is 0 Å². The number of anilines is 3. The van der Waals surface area contributed by atoms with Crippen molar-refractivity contribution in [1.82, 2.24) is 4.98 Å². The normalized spacial score (nSPS) is 11.9. The van der Waals surface area contributed by atoms with E-state index in [2.05, 4.69) is 15.6 Å². The molecule has 2 aromatic carbocycles. The number of fused-ring (bicyclic) bond motifs is 1. The zero-order chi connectivity index (χ0) is 18.8. The number of carbonyl (C=O) groups excluding carboxylic acids is 1. The van der Waals surface area contributed by atoms with Gasteiger partial charge in [0, 0.05) is 29.2 Å². The molecule has 0 saturated carbocycles. The highest BCUT2D eigenvalue weighted by molar-refractivity contribution is 6.05. The van der Waals surface area contributed by atoms with E-state index in [-0.39, 0.29) is 12.7 Å². The van der Waals surface area contributed by atoms with Crippen molar-refractivity contribution < 1.29 is 14.3 Å². The Balaban J connectivity index is 1.52. The number of rotatable bonds is 4. The van der Waals surface area contributed by atoms with Crippen LogP contribution in [0.15, 0.2) is 54.7 Å². The minimum atomic E-state index is -0.181. The maximum Gasteiger partial charge on any atom is 0.255 e. The third-order valence-corrected chi connectivity index (χ3v) is 4.52. The number of hydrogen-bond acceptors (Lipinski definition) is 5. The van der Waals surface area contributed by atoms with E-state index in [1.807, 2.05) is 50.2 Å². The Morgan fingerprint density at radius 3 is 2.78 bits per heavy atom. The molecule has 1 amide bonds. The van der Waals surface area contributed by atoms with Crippen LogP contribution in [0.2, 0.25) is 0 Å². The molecular weight excluding hydrogens is 342 g/mol. The van der Waals surface area contributed by atoms with Crippen molar-refractivity contribution in [3.05, 3.63) is 71.4 Å². The average molecular weight is 361 g/mol. The molecule has 0 unspecified atom stereocenters. The van der Waals surface area contributed by atoms with Crippen LogP contribution in [-0.2, 0) is 0 Å². The van der Waals surface area contributed by atoms with Gasteiger partial charge in [0.1, 0.15) is 5.82 Å². The molecular formula is C21H19N3O3. The second-order valence-electron chi connectivity index (χ2n) is 6.32. The monoisotopic (exact) mass is 361 g/mol. The van der Waals surface area contributed by atoms with Crippen molar-refractivity contribution in [2.24, 2.45) is 0 Å². The molecule has 1 aliphatic heterocycles. The van der Waals surface area contributed by atoms with Crippen molar-refractivity contribution in [2.75, 3.05) is 17.4 Å². The Labute approximate surface area is 157 Å². The number of nitrogens with zero attached hydrogens (tertiary/aromatic N) is 1. The minimum absolute atomic E-state index is 0.181. The number of nitrogens with one attached hydrogen (secondary N) is 2. The molecule has 6 heteroatoms. The van der Waals surface area contributed by atoms with E-state index in [1.165, 1.54) is 0 Å². The second kappa shape index (κ2) is 6.99. The summed E-state index contributed by atoms with van der Waals surface area (Å²) in [5.74, 6) is 1.79. The zero-order valence-electron chi connectivity index (χ0n) is 15.1. The SMILES string of the molecule is Cc1cccc(NC(=O)c2ccnc(Nc3ccc4c(c3)OCO4)c2)c1C. The minimum Gasteiger partial charge on any atom is -0.454 e. The van der Waals surface area contributed by atoms with Gasteiger partial charge in [0.25, 0.3) is 5.91 Å². The number of pyridine rings is 1. The second-order valence-corrected chi connectivity index (χ2v) is 6.32. The van der Waals surface area contributed by atoms with Gasteiger partial charge in [0.2, 0.25) is 6.79 Å². The topological polar surface area (TPSA) is 72.5 Å². The Kier molecular flexibility index (Phi) is 4.38. The number of carbonyl (C=O) groups is 1. The van der Waals surface area contributed by atoms with Crippen molar-refractivity contribution in [1.29, 1.82) is 0 Å². The van der Waals surface area contributed by atoms with Crippen LogP contribution in [0.4, 0.5) is 17.2 Å². The van der Waals surface area contributed by atoms with Crippen LogP contribution in [0.1, 0.15) is 21.5 Å². The molecule has 0 radical (unpaired) electrons. The van der Waals surface area contributed by atoms with Gasteiger partial charge >= 0.3 is 0 Å². The average Bonchev–Trinajstić information content (AvgIpc) is 3.13. The Hall–Kier alpha value is -3.54. The number of benzene rings is 2. The Morgan fingerprint density at radius 1 is 1.04 bits per heavy atom. The van der Waals surface area contributed by atoms with Gasteiger partial charge in [-0.3, -0.25) is 4.79 Å². The highest BCUT2D eigenvalue weighted by Crippen LogP contribution is 2.35. The predicted molar refractivity (Wildman–Crippen MR) is 104 cm³/mol. The summed E-state index contributed by atoms with van der Waals surface area (Å²) in [7, 11) is 0. The quantitative estimate of drug-likeness (QED) is 0.719. The Bertz CT molecular complexity index is 1020. The van der Waals surface area contributed by atoms with E-state index in [0.717, 1.165) is 28.3 Å². The summed E-state index contributed by atoms with van der Waals surface area (Å²) >= 11 is 0. The van der Waals surface area contributed by atoms with Crippen LogP contribution in [0, 0.1) is 13.8 Å². The van der Waals surface area contributed by atoms with Gasteiger partial charge in [-0.05, 0) is 55.3 Å². The summed E-state index contributed by atoms with van der Waals surface area (Å²) < 4.78 is 10.7. The third kappa shape index (κ3) is 3.55. The fourth-order valence-electron chi connectivity index (χ4n) is 2.84. The molecule has 4 rings (SSSR count). The van der Waals surface area contributed by atoms with Crippen LogP contribution >= 0.6 is 0 Å². The lowest BCUT2D eigenvalue weighted by atomic mass is 10.1. The molecule has 0 atom stereocenters. The van der Waals surface area contributed by atoms with Gasteiger partial charge in [0.15, 0.2) is 11.5 Å². The number of ether oxygens (including phenoxy) is 2. The van der Waals surface area contributed by atoms with Crippen LogP contribution in [0.25, 0.3) is 0 Å². The lowest BCUT2D eigenvalue weighted by molar-refractivity contribution is 0.102. The molecule has 0 spiro atoms. The Morgan fingerprint density at radius 2 is 1.89 bits per heavy atom. The molecule has 6 nitrogen and oxygen atoms in total. The summed E-state index contributed by atoms with van der Waals surface area (Å²) in [6, 6.07) is 14.8. The first kappa shape index (κ1) is 16.9. The van der Waals surface area contributed by atoms with Crippen LogP contribution in [-0.4, -0.2) is 17.7 Å². The van der Waals surface area contributed by atoms with E-state index in [0.29, 0.717) is 17.1 Å². The molecule has 1 aromatic heterocycles. The first-order valence-electron chi connectivity index (χ1n) is 8.60. The maximum absolute atomic E-state index is 12.6. The molecule has 3 aromatic rings. The van der Waals surface area contributed by atoms with E-state index in [9.17, 15) is 4.79 Å². The first-order valence-corrected chi connectivity index (χ1v) is 8.60. The largest absolute Gasteiger partial charge is 0.454 e. The van der Waals surface area contributed by atoms with Crippen molar-refractivity contribution >= 4 is 23.1 Å². The molecule has 0 bridgehead atoms. The summed E-state index contributed by atoms with van der Waals surface area (Å²) in [6.07, 6.45) is 1.60. The number of hydrogen-bond donors (Lipinski definition) is 2. The highest BCUT2D eigenvalue weighted by Gasteiger charge is 2.14. The highest BCUT2D eigenvalue weighted by atomic mass is 16.7. The molecule has 136 valence electrons. The smallest absolute Gasteiger partial charge is 0.255 e. The zero-order valence-corrected chi connectivity index (χ0v) is 15.1. The molecule has 0 aliphatic carbocycles. The molecule has 0 fully saturated rings. The van der Waals surface area contributed by atoms with Crippen molar-refractivity contribution in [3.8, 4) is 11.5 Å². The molecule has 27 heavy (non-hydrogen) atoms. The van der Waals surface area contributed by atoms with E-state index < -0.39 is 0 Å². The third-order valence-electron chi connectivity index (χ3n) is 4.52. The fraction of sp³-hybridized carbons (Fsp3) is 0.143. The molecule has 2 heterocycles. The van der Waals surface area contributed by atoms with Gasteiger partial charge in [-0.1, -0.05) is 12.1 Å². The van der Waals surface area contributed by atoms with Gasteiger partial charge in [-0.2, -0.15) is 0 Å². The van der Waals surface area contributed by atoms with E-state index >= 15 is 0 Å². The van der Waals surface area contributed by atoms with E-state index in [1.54, 1.807) is 18.3 Å². The lowest BCUT2D eigenvalue weighted by Crippen LogP contribution is -2.13. The summed E-state index contributed by atoms with van der Waals surface area (Å²) in [6.45, 7) is 4.24. The fourth-order valence-corrected chi connectivity index (χ4v) is 2.84. The summed E-state index contributed by atoms with van der Waals surface area (Å²) in [5, 5.41) is 6.15. The van der Waals surface area contributed by atoms with Crippen molar-refractivity contribution in [3.63, 3.8) is 0 Å². The van der Waals surface area contributed by atoms with Gasteiger partial charge < -0.3 is 20.1 Å². The standard InChI is InChI=1S/C21H19N3O3/c1-13-4-3-5-17(14(13)2)24-21(25)15-8-9-22-20(10-15)23-16-6-7-18-19(11-16)27-12-26-18/h3-11H,12H2,1-2H3,(H,22,23)(H,24,25). The number of amides is 1. The number of aryl methyl sites for hydroxylation is 1. The van der Waals surface area contributed by atoms with Crippen LogP contribution < -0.4 is 20.1 Å². The maximum atomic E-state index is 12.6. The van der Waals surface area contributed by atoms with Crippen LogP contribution in [0.5, 0.6) is 11.5 Å². The van der Waals surface area contributed by atoms with Crippen molar-refractivity contribution in [2.45, 2.75) is 13.8 Å².